The maximum Gasteiger partial charge on any atom is 0.407 e. The Balaban J connectivity index is 1.77. The number of ether oxygens (including phenoxy) is 2. The molecule has 3 aromatic rings. The summed E-state index contributed by atoms with van der Waals surface area (Å²) in [6.07, 6.45) is 1.05. The van der Waals surface area contributed by atoms with Gasteiger partial charge in [0.05, 0.1) is 25.6 Å². The Hall–Kier alpha value is -4.00. The number of rotatable bonds is 3. The molecule has 0 aliphatic carbocycles. The van der Waals surface area contributed by atoms with E-state index in [9.17, 15) is 9.90 Å². The minimum absolute atomic E-state index is 0.148. The van der Waals surface area contributed by atoms with Crippen LogP contribution in [0.3, 0.4) is 0 Å². The van der Waals surface area contributed by atoms with Crippen LogP contribution >= 0.6 is 0 Å². The zero-order valence-corrected chi connectivity index (χ0v) is 16.5. The monoisotopic (exact) mass is 408 g/mol. The number of benzene rings is 1. The van der Waals surface area contributed by atoms with Crippen LogP contribution in [0.4, 0.5) is 10.6 Å². The van der Waals surface area contributed by atoms with Crippen molar-refractivity contribution < 1.29 is 19.4 Å². The van der Waals surface area contributed by atoms with Gasteiger partial charge in [-0.05, 0) is 24.5 Å². The summed E-state index contributed by atoms with van der Waals surface area (Å²) in [5, 5.41) is 14.4. The van der Waals surface area contributed by atoms with E-state index in [1.165, 1.54) is 11.2 Å². The summed E-state index contributed by atoms with van der Waals surface area (Å²) in [4.78, 5) is 21.0. The zero-order chi connectivity index (χ0) is 21.3. The van der Waals surface area contributed by atoms with Crippen LogP contribution in [0.5, 0.6) is 11.5 Å². The molecule has 1 saturated heterocycles. The standard InChI is InChI=1S/C20H20N6O4/c1-29-14-7-12(8-15(9-14)30-2)3-4-16-17-18(21)22-11-23-19(17)26(24-16)13-5-6-25(10-13)20(27)28/h7-9,11,13H,5-6,10H2,1-2H3,(H,27,28)(H2,21,22,23). The lowest BCUT2D eigenvalue weighted by atomic mass is 10.2. The second-order valence-electron chi connectivity index (χ2n) is 6.77. The lowest BCUT2D eigenvalue weighted by Gasteiger charge is -2.13. The molecule has 3 N–H and O–H groups in total. The van der Waals surface area contributed by atoms with Gasteiger partial charge in [-0.25, -0.2) is 19.4 Å². The number of methoxy groups -OCH3 is 2. The first-order valence-electron chi connectivity index (χ1n) is 9.21. The van der Waals surface area contributed by atoms with Crippen LogP contribution in [0.25, 0.3) is 11.0 Å². The first-order chi connectivity index (χ1) is 14.5. The molecule has 10 nitrogen and oxygen atoms in total. The quantitative estimate of drug-likeness (QED) is 0.627. The molecule has 30 heavy (non-hydrogen) atoms. The van der Waals surface area contributed by atoms with Crippen LogP contribution < -0.4 is 15.2 Å². The van der Waals surface area contributed by atoms with Gasteiger partial charge >= 0.3 is 6.09 Å². The summed E-state index contributed by atoms with van der Waals surface area (Å²) in [6.45, 7) is 0.766. The van der Waals surface area contributed by atoms with Crippen molar-refractivity contribution in [2.45, 2.75) is 12.5 Å². The Bertz CT molecular complexity index is 1160. The number of hydrogen-bond acceptors (Lipinski definition) is 7. The number of carbonyl (C=O) groups is 1. The predicted molar refractivity (Wildman–Crippen MR) is 109 cm³/mol. The van der Waals surface area contributed by atoms with E-state index in [1.54, 1.807) is 37.1 Å². The summed E-state index contributed by atoms with van der Waals surface area (Å²) >= 11 is 0. The smallest absolute Gasteiger partial charge is 0.407 e. The van der Waals surface area contributed by atoms with Gasteiger partial charge in [-0.3, -0.25) is 0 Å². The number of nitrogens with two attached hydrogens (primary N) is 1. The zero-order valence-electron chi connectivity index (χ0n) is 16.5. The van der Waals surface area contributed by atoms with Crippen LogP contribution in [0.2, 0.25) is 0 Å². The van der Waals surface area contributed by atoms with Gasteiger partial charge in [-0.15, -0.1) is 0 Å². The number of aromatic nitrogens is 4. The topological polar surface area (TPSA) is 129 Å². The largest absolute Gasteiger partial charge is 0.497 e. The molecule has 1 aliphatic heterocycles. The van der Waals surface area contributed by atoms with E-state index in [4.69, 9.17) is 15.2 Å². The molecule has 1 fully saturated rings. The molecule has 1 unspecified atom stereocenters. The van der Waals surface area contributed by atoms with Crippen LogP contribution in [0.15, 0.2) is 24.5 Å². The highest BCUT2D eigenvalue weighted by molar-refractivity contribution is 5.90. The maximum absolute atomic E-state index is 11.3. The van der Waals surface area contributed by atoms with E-state index in [-0.39, 0.29) is 11.9 Å². The number of hydrogen-bond donors (Lipinski definition) is 2. The van der Waals surface area contributed by atoms with Crippen molar-refractivity contribution in [3.8, 4) is 23.3 Å². The molecule has 10 heteroatoms. The summed E-state index contributed by atoms with van der Waals surface area (Å²) in [5.74, 6) is 7.62. The third kappa shape index (κ3) is 3.53. The van der Waals surface area contributed by atoms with Crippen LogP contribution in [0.1, 0.15) is 23.7 Å². The lowest BCUT2D eigenvalue weighted by Crippen LogP contribution is -2.27. The Morgan fingerprint density at radius 1 is 1.20 bits per heavy atom. The molecule has 1 atom stereocenters. The van der Waals surface area contributed by atoms with E-state index < -0.39 is 6.09 Å². The summed E-state index contributed by atoms with van der Waals surface area (Å²) < 4.78 is 12.3. The normalized spacial score (nSPS) is 15.7. The molecule has 0 spiro atoms. The average Bonchev–Trinajstić information content (AvgIpc) is 3.37. The van der Waals surface area contributed by atoms with Gasteiger partial charge in [-0.2, -0.15) is 5.10 Å². The third-order valence-electron chi connectivity index (χ3n) is 4.97. The summed E-state index contributed by atoms with van der Waals surface area (Å²) in [5.41, 5.74) is 7.73. The second kappa shape index (κ2) is 7.79. The average molecular weight is 408 g/mol. The van der Waals surface area contributed by atoms with Gasteiger partial charge in [-0.1, -0.05) is 5.92 Å². The highest BCUT2D eigenvalue weighted by Gasteiger charge is 2.30. The van der Waals surface area contributed by atoms with Crippen molar-refractivity contribution in [2.24, 2.45) is 0 Å². The number of amides is 1. The van der Waals surface area contributed by atoms with E-state index in [0.717, 1.165) is 0 Å². The Morgan fingerprint density at radius 2 is 1.93 bits per heavy atom. The van der Waals surface area contributed by atoms with Crippen LogP contribution in [-0.4, -0.2) is 63.2 Å². The number of anilines is 1. The van der Waals surface area contributed by atoms with Gasteiger partial charge in [0.2, 0.25) is 0 Å². The molecule has 154 valence electrons. The number of fused-ring (bicyclic) bond motifs is 1. The molecule has 3 heterocycles. The van der Waals surface area contributed by atoms with E-state index in [0.29, 0.717) is 53.3 Å². The number of nitrogen functional groups attached to an aromatic ring is 1. The van der Waals surface area contributed by atoms with E-state index in [1.807, 2.05) is 0 Å². The highest BCUT2D eigenvalue weighted by atomic mass is 16.5. The molecule has 0 saturated carbocycles. The van der Waals surface area contributed by atoms with Gasteiger partial charge in [0, 0.05) is 24.7 Å². The van der Waals surface area contributed by atoms with Crippen molar-refractivity contribution in [3.63, 3.8) is 0 Å². The van der Waals surface area contributed by atoms with Gasteiger partial charge in [0.15, 0.2) is 5.65 Å². The van der Waals surface area contributed by atoms with Crippen LogP contribution in [-0.2, 0) is 0 Å². The third-order valence-corrected chi connectivity index (χ3v) is 4.97. The first kappa shape index (κ1) is 19.3. The number of carboxylic acid groups (broad SMARTS) is 1. The fraction of sp³-hybridized carbons (Fsp3) is 0.300. The van der Waals surface area contributed by atoms with Crippen molar-refractivity contribution in [1.29, 1.82) is 0 Å². The molecule has 0 radical (unpaired) electrons. The first-order valence-corrected chi connectivity index (χ1v) is 9.21. The Morgan fingerprint density at radius 3 is 2.57 bits per heavy atom. The van der Waals surface area contributed by atoms with Crippen molar-refractivity contribution in [1.82, 2.24) is 24.6 Å². The SMILES string of the molecule is COc1cc(C#Cc2nn(C3CCN(C(=O)O)C3)c3ncnc(N)c23)cc(OC)c1. The maximum atomic E-state index is 11.3. The molecule has 2 aromatic heterocycles. The molecule has 1 aromatic carbocycles. The molecular weight excluding hydrogens is 388 g/mol. The number of nitrogens with zero attached hydrogens (tertiary/aromatic N) is 5. The van der Waals surface area contributed by atoms with Crippen LogP contribution in [0, 0.1) is 11.8 Å². The molecule has 0 bridgehead atoms. The molecular formula is C20H20N6O4. The molecule has 1 aliphatic rings. The fourth-order valence-electron chi connectivity index (χ4n) is 3.46. The van der Waals surface area contributed by atoms with E-state index in [2.05, 4.69) is 26.9 Å². The minimum Gasteiger partial charge on any atom is -0.497 e. The molecule has 4 rings (SSSR count). The minimum atomic E-state index is -0.949. The van der Waals surface area contributed by atoms with Gasteiger partial charge in [0.1, 0.15) is 29.3 Å². The predicted octanol–water partition coefficient (Wildman–Crippen LogP) is 1.75. The second-order valence-corrected chi connectivity index (χ2v) is 6.77. The van der Waals surface area contributed by atoms with Crippen molar-refractivity contribution >= 4 is 22.9 Å². The Kier molecular flexibility index (Phi) is 5.02. The summed E-state index contributed by atoms with van der Waals surface area (Å²) in [7, 11) is 3.14. The highest BCUT2D eigenvalue weighted by Crippen LogP contribution is 2.28. The fourth-order valence-corrected chi connectivity index (χ4v) is 3.46. The number of likely N-dealkylation sites (tertiary alicyclic amines) is 1. The molecule has 1 amide bonds. The van der Waals surface area contributed by atoms with E-state index >= 15 is 0 Å². The Labute approximate surface area is 172 Å². The lowest BCUT2D eigenvalue weighted by molar-refractivity contribution is 0.154. The van der Waals surface area contributed by atoms with Gasteiger partial charge < -0.3 is 25.2 Å². The van der Waals surface area contributed by atoms with Crippen molar-refractivity contribution in [3.05, 3.63) is 35.8 Å². The van der Waals surface area contributed by atoms with Gasteiger partial charge in [0.25, 0.3) is 0 Å². The summed E-state index contributed by atoms with van der Waals surface area (Å²) in [6, 6.07) is 5.19. The van der Waals surface area contributed by atoms with Crippen molar-refractivity contribution in [2.75, 3.05) is 33.0 Å².